The average molecular weight is 290 g/mol. The molecule has 0 spiro atoms. The Labute approximate surface area is 127 Å². The lowest BCUT2D eigenvalue weighted by Crippen LogP contribution is -2.07. The van der Waals surface area contributed by atoms with Gasteiger partial charge in [0.2, 0.25) is 0 Å². The van der Waals surface area contributed by atoms with Crippen molar-refractivity contribution in [3.8, 4) is 0 Å². The fourth-order valence-corrected chi connectivity index (χ4v) is 2.21. The standard InChI is InChI=1S/C18H26O3/c1-3-4-5-6-7-11-14-17(18(19)21-20-2)15-16-12-9-8-10-13-16/h8-10,12-13,15H,3-7,11,14H2,1-2H3. The molecule has 0 aromatic heterocycles. The van der Waals surface area contributed by atoms with Crippen LogP contribution in [0.5, 0.6) is 0 Å². The fourth-order valence-electron chi connectivity index (χ4n) is 2.21. The highest BCUT2D eigenvalue weighted by Gasteiger charge is 2.11. The van der Waals surface area contributed by atoms with Crippen molar-refractivity contribution in [3.05, 3.63) is 41.5 Å². The molecule has 0 bridgehead atoms. The van der Waals surface area contributed by atoms with Crippen LogP contribution in [0.2, 0.25) is 0 Å². The van der Waals surface area contributed by atoms with Gasteiger partial charge in [0.15, 0.2) is 0 Å². The molecule has 0 radical (unpaired) electrons. The third-order valence-corrected chi connectivity index (χ3v) is 3.36. The lowest BCUT2D eigenvalue weighted by molar-refractivity contribution is -0.250. The van der Waals surface area contributed by atoms with E-state index < -0.39 is 5.97 Å². The molecule has 0 N–H and O–H groups in total. The molecule has 116 valence electrons. The quantitative estimate of drug-likeness (QED) is 0.265. The summed E-state index contributed by atoms with van der Waals surface area (Å²) in [5, 5.41) is 0. The van der Waals surface area contributed by atoms with Crippen LogP contribution in [0.1, 0.15) is 57.4 Å². The van der Waals surface area contributed by atoms with Crippen molar-refractivity contribution in [2.45, 2.75) is 51.9 Å². The van der Waals surface area contributed by atoms with Crippen molar-refractivity contribution >= 4 is 12.0 Å². The first-order valence-corrected chi connectivity index (χ1v) is 7.78. The summed E-state index contributed by atoms with van der Waals surface area (Å²) in [7, 11) is 1.35. The van der Waals surface area contributed by atoms with E-state index in [9.17, 15) is 4.79 Å². The van der Waals surface area contributed by atoms with Gasteiger partial charge in [0.05, 0.1) is 7.11 Å². The SMILES string of the molecule is CCCCCCCCC(=Cc1ccccc1)C(=O)OOC. The number of benzene rings is 1. The molecule has 21 heavy (non-hydrogen) atoms. The number of carbonyl (C=O) groups is 1. The second kappa shape index (κ2) is 11.1. The van der Waals surface area contributed by atoms with Crippen molar-refractivity contribution in [1.29, 1.82) is 0 Å². The Morgan fingerprint density at radius 2 is 1.71 bits per heavy atom. The van der Waals surface area contributed by atoms with Gasteiger partial charge in [-0.05, 0) is 24.5 Å². The Bertz CT molecular complexity index is 423. The Kier molecular flexibility index (Phi) is 9.21. The van der Waals surface area contributed by atoms with Crippen molar-refractivity contribution in [3.63, 3.8) is 0 Å². The molecule has 0 fully saturated rings. The third-order valence-electron chi connectivity index (χ3n) is 3.36. The predicted molar refractivity (Wildman–Crippen MR) is 85.5 cm³/mol. The van der Waals surface area contributed by atoms with Crippen LogP contribution in [0.25, 0.3) is 6.08 Å². The first-order chi connectivity index (χ1) is 10.3. The van der Waals surface area contributed by atoms with Crippen molar-refractivity contribution in [2.24, 2.45) is 0 Å². The van der Waals surface area contributed by atoms with E-state index in [-0.39, 0.29) is 0 Å². The molecule has 0 amide bonds. The maximum Gasteiger partial charge on any atom is 0.369 e. The summed E-state index contributed by atoms with van der Waals surface area (Å²) in [5.74, 6) is -0.394. The number of hydrogen-bond acceptors (Lipinski definition) is 3. The molecule has 0 aliphatic carbocycles. The molecule has 1 aromatic carbocycles. The second-order valence-electron chi connectivity index (χ2n) is 5.14. The van der Waals surface area contributed by atoms with E-state index in [0.717, 1.165) is 24.8 Å². The average Bonchev–Trinajstić information content (AvgIpc) is 2.50. The maximum atomic E-state index is 11.9. The first kappa shape index (κ1) is 17.4. The van der Waals surface area contributed by atoms with Gasteiger partial charge in [-0.25, -0.2) is 4.79 Å². The van der Waals surface area contributed by atoms with E-state index in [1.165, 1.54) is 32.8 Å². The Morgan fingerprint density at radius 1 is 1.05 bits per heavy atom. The minimum absolute atomic E-state index is 0.394. The zero-order chi connectivity index (χ0) is 15.3. The molecule has 1 aromatic rings. The maximum absolute atomic E-state index is 11.9. The van der Waals surface area contributed by atoms with Gasteiger partial charge in [0, 0.05) is 5.57 Å². The number of carbonyl (C=O) groups excluding carboxylic acids is 1. The molecule has 0 saturated carbocycles. The zero-order valence-electron chi connectivity index (χ0n) is 13.1. The molecular formula is C18H26O3. The minimum Gasteiger partial charge on any atom is -0.293 e. The Balaban J connectivity index is 2.53. The lowest BCUT2D eigenvalue weighted by Gasteiger charge is -2.06. The van der Waals surface area contributed by atoms with Gasteiger partial charge < -0.3 is 0 Å². The van der Waals surface area contributed by atoms with Crippen molar-refractivity contribution in [2.75, 3.05) is 7.11 Å². The van der Waals surface area contributed by atoms with Crippen LogP contribution in [0.15, 0.2) is 35.9 Å². The van der Waals surface area contributed by atoms with Gasteiger partial charge in [-0.15, -0.1) is 0 Å². The van der Waals surface area contributed by atoms with E-state index in [4.69, 9.17) is 0 Å². The summed E-state index contributed by atoms with van der Waals surface area (Å²) in [6.07, 6.45) is 9.80. The van der Waals surface area contributed by atoms with E-state index in [1.54, 1.807) is 0 Å². The van der Waals surface area contributed by atoms with E-state index in [1.807, 2.05) is 36.4 Å². The minimum atomic E-state index is -0.394. The highest BCUT2D eigenvalue weighted by molar-refractivity contribution is 5.93. The van der Waals surface area contributed by atoms with Gasteiger partial charge >= 0.3 is 5.97 Å². The molecule has 0 saturated heterocycles. The predicted octanol–water partition coefficient (Wildman–Crippen LogP) is 4.93. The molecular weight excluding hydrogens is 264 g/mol. The van der Waals surface area contributed by atoms with Gasteiger partial charge in [-0.2, -0.15) is 4.89 Å². The summed E-state index contributed by atoms with van der Waals surface area (Å²) >= 11 is 0. The number of hydrogen-bond donors (Lipinski definition) is 0. The van der Waals surface area contributed by atoms with Crippen molar-refractivity contribution < 1.29 is 14.6 Å². The Hall–Kier alpha value is -1.61. The van der Waals surface area contributed by atoms with Gasteiger partial charge in [-0.3, -0.25) is 4.89 Å². The topological polar surface area (TPSA) is 35.5 Å². The summed E-state index contributed by atoms with van der Waals surface area (Å²) in [5.41, 5.74) is 1.67. The second-order valence-corrected chi connectivity index (χ2v) is 5.14. The fraction of sp³-hybridized carbons (Fsp3) is 0.500. The normalized spacial score (nSPS) is 11.4. The molecule has 1 rings (SSSR count). The largest absolute Gasteiger partial charge is 0.369 e. The summed E-state index contributed by atoms with van der Waals surface area (Å²) < 4.78 is 0. The lowest BCUT2D eigenvalue weighted by atomic mass is 10.0. The summed E-state index contributed by atoms with van der Waals surface area (Å²) in [4.78, 5) is 21.1. The molecule has 0 atom stereocenters. The van der Waals surface area contributed by atoms with Gasteiger partial charge in [0.1, 0.15) is 0 Å². The van der Waals surface area contributed by atoms with Crippen LogP contribution in [0, 0.1) is 0 Å². The van der Waals surface area contributed by atoms with Crippen LogP contribution in [0.4, 0.5) is 0 Å². The van der Waals surface area contributed by atoms with E-state index in [2.05, 4.69) is 16.7 Å². The highest BCUT2D eigenvalue weighted by Crippen LogP contribution is 2.16. The van der Waals surface area contributed by atoms with Crippen LogP contribution in [-0.4, -0.2) is 13.1 Å². The summed E-state index contributed by atoms with van der Waals surface area (Å²) in [6, 6.07) is 9.81. The monoisotopic (exact) mass is 290 g/mol. The molecule has 0 aliphatic heterocycles. The van der Waals surface area contributed by atoms with Crippen molar-refractivity contribution in [1.82, 2.24) is 0 Å². The van der Waals surface area contributed by atoms with Gasteiger partial charge in [0.25, 0.3) is 0 Å². The number of unbranched alkanes of at least 4 members (excludes halogenated alkanes) is 5. The Morgan fingerprint density at radius 3 is 2.38 bits per heavy atom. The first-order valence-electron chi connectivity index (χ1n) is 7.78. The van der Waals surface area contributed by atoms with Gasteiger partial charge in [-0.1, -0.05) is 69.4 Å². The molecule has 0 unspecified atom stereocenters. The molecule has 3 heteroatoms. The van der Waals surface area contributed by atoms with E-state index >= 15 is 0 Å². The van der Waals surface area contributed by atoms with E-state index in [0.29, 0.717) is 5.57 Å². The smallest absolute Gasteiger partial charge is 0.293 e. The van der Waals surface area contributed by atoms with Crippen LogP contribution >= 0.6 is 0 Å². The van der Waals surface area contributed by atoms with Crippen LogP contribution in [-0.2, 0) is 14.6 Å². The molecule has 0 heterocycles. The molecule has 0 aliphatic rings. The highest BCUT2D eigenvalue weighted by atomic mass is 17.2. The summed E-state index contributed by atoms with van der Waals surface area (Å²) in [6.45, 7) is 2.21. The molecule has 3 nitrogen and oxygen atoms in total. The third kappa shape index (κ3) is 7.66. The number of rotatable bonds is 10. The van der Waals surface area contributed by atoms with Crippen LogP contribution < -0.4 is 0 Å². The van der Waals surface area contributed by atoms with Crippen LogP contribution in [0.3, 0.4) is 0 Å². The zero-order valence-corrected chi connectivity index (χ0v) is 13.1.